The van der Waals surface area contributed by atoms with Gasteiger partial charge in [0.15, 0.2) is 6.10 Å². The molecule has 4 aliphatic heterocycles. The van der Waals surface area contributed by atoms with E-state index >= 15 is 0 Å². The topological polar surface area (TPSA) is 201 Å². The van der Waals surface area contributed by atoms with Crippen molar-refractivity contribution in [2.45, 2.75) is 200 Å². The number of aliphatic hydroxyl groups excluding tert-OH is 1. The highest BCUT2D eigenvalue weighted by Gasteiger charge is 2.60. The second kappa shape index (κ2) is 22.0. The van der Waals surface area contributed by atoms with Gasteiger partial charge < -0.3 is 29.2 Å². The number of allylic oxidation sites excluding steroid dienone is 1. The second-order valence-corrected chi connectivity index (χ2v) is 19.7. The van der Waals surface area contributed by atoms with E-state index in [9.17, 15) is 29.4 Å². The molecule has 1 spiro atoms. The first-order chi connectivity index (χ1) is 30.2. The summed E-state index contributed by atoms with van der Waals surface area (Å²) in [5.41, 5.74) is 3.60. The van der Waals surface area contributed by atoms with Crippen LogP contribution in [0.5, 0.6) is 0 Å². The molecule has 0 aliphatic carbocycles. The number of amides is 2. The Kier molecular flexibility index (Phi) is 17.8. The van der Waals surface area contributed by atoms with Crippen LogP contribution in [0.2, 0.25) is 0 Å². The van der Waals surface area contributed by atoms with E-state index in [1.54, 1.807) is 19.1 Å². The molecule has 0 bridgehead atoms. The van der Waals surface area contributed by atoms with Crippen molar-refractivity contribution in [2.24, 2.45) is 41.4 Å². The Morgan fingerprint density at radius 3 is 2.20 bits per heavy atom. The predicted octanol–water partition coefficient (Wildman–Crippen LogP) is 6.74. The van der Waals surface area contributed by atoms with Crippen LogP contribution in [0.3, 0.4) is 0 Å². The standard InChI is InChI=1S/C49H77N3O12/c1-12-36(46(57)52-51-45(56)35-20-25-50-26-21-35)38-17-16-29(5)43(61-38)32(8)41(54)31(7)42(55)37(13-2)44-30(6)27-28(4)15-18-40(60-34(10)53)49(64-62-44)24-23-47(11,63-49)39-19-22-48(58,14-3)33(9)59-39/h15,18,20-21,25-26,28-33,36-41,43-44,54,58H,12-14,16-17,19,22-24,27H2,1-11H3,(H,51,56)(H,52,57)/b18-15-/t28-,29-,30-,31-,32-,33-,36?,37-,38+,39+,40+,41+,43+,44-,47-,48+,49-/m0/s1. The largest absolute Gasteiger partial charge is 0.452 e. The number of ketones is 1. The number of hydrogen-bond acceptors (Lipinski definition) is 13. The minimum Gasteiger partial charge on any atom is -0.452 e. The van der Waals surface area contributed by atoms with Gasteiger partial charge in [0.25, 0.3) is 5.91 Å². The summed E-state index contributed by atoms with van der Waals surface area (Å²) >= 11 is 0. The summed E-state index contributed by atoms with van der Waals surface area (Å²) in [6, 6.07) is 3.10. The number of esters is 1. The Morgan fingerprint density at radius 1 is 0.891 bits per heavy atom. The number of rotatable bonds is 14. The molecular weight excluding hydrogens is 823 g/mol. The van der Waals surface area contributed by atoms with E-state index in [4.69, 9.17) is 28.7 Å². The van der Waals surface area contributed by atoms with Crippen LogP contribution >= 0.6 is 0 Å². The summed E-state index contributed by atoms with van der Waals surface area (Å²) in [7, 11) is 0. The average Bonchev–Trinajstić information content (AvgIpc) is 3.64. The fourth-order valence-electron chi connectivity index (χ4n) is 10.7. The fraction of sp³-hybridized carbons (Fsp3) is 0.776. The van der Waals surface area contributed by atoms with Gasteiger partial charge in [-0.05, 0) is 108 Å². The Labute approximate surface area is 380 Å². The maximum absolute atomic E-state index is 14.8. The first-order valence-electron chi connectivity index (χ1n) is 23.9. The highest BCUT2D eigenvalue weighted by atomic mass is 17.2. The molecule has 0 aromatic carbocycles. The van der Waals surface area contributed by atoms with Crippen LogP contribution in [-0.2, 0) is 43.1 Å². The third kappa shape index (κ3) is 11.6. The number of aromatic nitrogens is 1. The summed E-state index contributed by atoms with van der Waals surface area (Å²) in [6.07, 6.45) is 7.64. The number of nitrogens with one attached hydrogen (secondary N) is 2. The number of aliphatic hydroxyl groups is 2. The first-order valence-corrected chi connectivity index (χ1v) is 23.9. The normalized spacial score (nSPS) is 37.6. The molecule has 1 aromatic heterocycles. The van der Waals surface area contributed by atoms with Crippen molar-refractivity contribution in [1.82, 2.24) is 15.8 Å². The fourth-order valence-corrected chi connectivity index (χ4v) is 10.7. The molecule has 17 atom stereocenters. The van der Waals surface area contributed by atoms with E-state index < -0.39 is 89.2 Å². The van der Waals surface area contributed by atoms with Crippen molar-refractivity contribution < 1.29 is 58.1 Å². The van der Waals surface area contributed by atoms with E-state index in [1.807, 2.05) is 60.6 Å². The maximum atomic E-state index is 14.8. The van der Waals surface area contributed by atoms with Crippen LogP contribution in [0, 0.1) is 41.4 Å². The van der Waals surface area contributed by atoms with Gasteiger partial charge in [-0.3, -0.25) is 35.0 Å². The van der Waals surface area contributed by atoms with E-state index in [1.165, 1.54) is 19.3 Å². The van der Waals surface area contributed by atoms with Crippen LogP contribution in [0.1, 0.15) is 151 Å². The SMILES string of the molecule is CCC(C(=O)NNC(=O)c1ccncc1)[C@H]1CC[C@H](C)[C@H]([C@@H](C)[C@H](O)[C@H](C)C(=O)[C@H](CC)[C@H]2OO[C@@]3(CC[C@@](C)([C@H]4CC[C@](O)(CC)[C@H](C)O4)O3)[C@H](OC(C)=O)/C=C\[C@H](C)C[C@@H]2C)O1. The smallest absolute Gasteiger partial charge is 0.303 e. The molecule has 5 heterocycles. The Balaban J connectivity index is 1.31. The van der Waals surface area contributed by atoms with Crippen molar-refractivity contribution in [3.05, 3.63) is 42.2 Å². The Morgan fingerprint density at radius 2 is 1.58 bits per heavy atom. The number of nitrogens with zero attached hydrogens (tertiary/aromatic N) is 1. The van der Waals surface area contributed by atoms with Crippen molar-refractivity contribution >= 4 is 23.6 Å². The molecule has 0 saturated carbocycles. The van der Waals surface area contributed by atoms with Gasteiger partial charge in [0.2, 0.25) is 11.7 Å². The number of hydrazine groups is 1. The van der Waals surface area contributed by atoms with E-state index in [2.05, 4.69) is 29.7 Å². The molecule has 64 heavy (non-hydrogen) atoms. The predicted molar refractivity (Wildman–Crippen MR) is 238 cm³/mol. The maximum Gasteiger partial charge on any atom is 0.303 e. The molecule has 5 rings (SSSR count). The van der Waals surface area contributed by atoms with Crippen molar-refractivity contribution in [3.8, 4) is 0 Å². The number of Topliss-reactive ketones (excluding diaryl/α,β-unsaturated/α-hetero) is 1. The third-order valence-electron chi connectivity index (χ3n) is 15.1. The molecule has 1 unspecified atom stereocenters. The van der Waals surface area contributed by atoms with Crippen LogP contribution in [0.15, 0.2) is 36.7 Å². The lowest BCUT2D eigenvalue weighted by Crippen LogP contribution is -2.56. The van der Waals surface area contributed by atoms with Gasteiger partial charge in [0.05, 0.1) is 47.6 Å². The number of carbonyl (C=O) groups excluding carboxylic acids is 4. The molecule has 3 saturated heterocycles. The number of carbonyl (C=O) groups is 4. The van der Waals surface area contributed by atoms with Crippen LogP contribution in [0.25, 0.3) is 0 Å². The zero-order chi connectivity index (χ0) is 47.1. The van der Waals surface area contributed by atoms with E-state index in [0.717, 1.165) is 6.42 Å². The van der Waals surface area contributed by atoms with Crippen molar-refractivity contribution in [3.63, 3.8) is 0 Å². The van der Waals surface area contributed by atoms with Gasteiger partial charge >= 0.3 is 5.97 Å². The summed E-state index contributed by atoms with van der Waals surface area (Å²) < 4.78 is 25.9. The minimum atomic E-state index is -1.57. The highest BCUT2D eigenvalue weighted by Crippen LogP contribution is 2.49. The highest BCUT2D eigenvalue weighted by molar-refractivity contribution is 5.95. The number of hydrogen-bond donors (Lipinski definition) is 4. The molecule has 0 radical (unpaired) electrons. The molecule has 4 aliphatic rings. The molecule has 15 heteroatoms. The lowest BCUT2D eigenvalue weighted by Gasteiger charge is -2.47. The lowest BCUT2D eigenvalue weighted by atomic mass is 9.74. The minimum absolute atomic E-state index is 0.0107. The van der Waals surface area contributed by atoms with Gasteiger partial charge in [0.1, 0.15) is 11.9 Å². The van der Waals surface area contributed by atoms with Gasteiger partial charge in [-0.1, -0.05) is 61.5 Å². The summed E-state index contributed by atoms with van der Waals surface area (Å²) in [4.78, 5) is 70.3. The van der Waals surface area contributed by atoms with Gasteiger partial charge in [-0.15, -0.1) is 0 Å². The molecular formula is C49H77N3O12. The first kappa shape index (κ1) is 51.7. The van der Waals surface area contributed by atoms with E-state index in [0.29, 0.717) is 63.4 Å². The van der Waals surface area contributed by atoms with Crippen molar-refractivity contribution in [2.75, 3.05) is 0 Å². The van der Waals surface area contributed by atoms with Gasteiger partial charge in [-0.2, -0.15) is 4.89 Å². The number of ether oxygens (including phenoxy) is 4. The average molecular weight is 900 g/mol. The van der Waals surface area contributed by atoms with Crippen LogP contribution in [0.4, 0.5) is 0 Å². The quantitative estimate of drug-likeness (QED) is 0.0663. The molecule has 1 aromatic rings. The van der Waals surface area contributed by atoms with Gasteiger partial charge in [-0.25, -0.2) is 4.89 Å². The molecule has 3 fully saturated rings. The Bertz CT molecular complexity index is 1770. The lowest BCUT2D eigenvalue weighted by molar-refractivity contribution is -0.468. The Hall–Kier alpha value is -3.31. The monoisotopic (exact) mass is 900 g/mol. The summed E-state index contributed by atoms with van der Waals surface area (Å²) in [5, 5.41) is 23.2. The summed E-state index contributed by atoms with van der Waals surface area (Å²) in [5.74, 6) is -5.72. The molecule has 4 N–H and O–H groups in total. The van der Waals surface area contributed by atoms with E-state index in [-0.39, 0.29) is 35.5 Å². The molecule has 15 nitrogen and oxygen atoms in total. The second-order valence-electron chi connectivity index (χ2n) is 19.7. The zero-order valence-electron chi connectivity index (χ0n) is 40.0. The summed E-state index contributed by atoms with van der Waals surface area (Å²) in [6.45, 7) is 20.7. The molecule has 2 amide bonds. The van der Waals surface area contributed by atoms with Crippen LogP contribution in [-0.4, -0.2) is 98.5 Å². The van der Waals surface area contributed by atoms with Crippen LogP contribution < -0.4 is 10.9 Å². The van der Waals surface area contributed by atoms with Crippen molar-refractivity contribution in [1.29, 1.82) is 0 Å². The van der Waals surface area contributed by atoms with Gasteiger partial charge in [0, 0.05) is 49.1 Å². The third-order valence-corrected chi connectivity index (χ3v) is 15.1. The zero-order valence-corrected chi connectivity index (χ0v) is 40.0. The molecule has 360 valence electrons. The number of pyridine rings is 1.